The highest BCUT2D eigenvalue weighted by Crippen LogP contribution is 2.25. The predicted octanol–water partition coefficient (Wildman–Crippen LogP) is 2.25. The van der Waals surface area contributed by atoms with E-state index < -0.39 is 0 Å². The number of halogens is 1. The predicted molar refractivity (Wildman–Crippen MR) is 66.3 cm³/mol. The molecule has 2 rings (SSSR count). The monoisotopic (exact) mass is 281 g/mol. The molecule has 1 aromatic carbocycles. The maximum Gasteiger partial charge on any atom is 0.224 e. The summed E-state index contributed by atoms with van der Waals surface area (Å²) in [6, 6.07) is 5.80. The van der Waals surface area contributed by atoms with E-state index in [9.17, 15) is 0 Å². The Hall–Kier alpha value is -1.20. The lowest BCUT2D eigenvalue weighted by atomic mass is 10.2. The lowest BCUT2D eigenvalue weighted by Gasteiger charge is -2.08. The Morgan fingerprint density at radius 1 is 1.38 bits per heavy atom. The summed E-state index contributed by atoms with van der Waals surface area (Å²) in [7, 11) is 0. The van der Waals surface area contributed by atoms with E-state index in [1.807, 2.05) is 25.1 Å². The van der Waals surface area contributed by atoms with E-state index in [1.54, 1.807) is 0 Å². The molecule has 4 nitrogen and oxygen atoms in total. The zero-order valence-electron chi connectivity index (χ0n) is 8.90. The van der Waals surface area contributed by atoms with Crippen LogP contribution in [0.5, 0.6) is 5.88 Å². The molecule has 84 valence electrons. The van der Waals surface area contributed by atoms with Crippen molar-refractivity contribution in [1.82, 2.24) is 9.97 Å². The second-order valence-corrected chi connectivity index (χ2v) is 4.16. The summed E-state index contributed by atoms with van der Waals surface area (Å²) in [6.07, 6.45) is 0. The average molecular weight is 282 g/mol. The van der Waals surface area contributed by atoms with E-state index in [4.69, 9.17) is 10.5 Å². The maximum absolute atomic E-state index is 5.55. The molecular weight excluding hydrogens is 270 g/mol. The van der Waals surface area contributed by atoms with Gasteiger partial charge in [0.05, 0.1) is 24.1 Å². The molecule has 0 saturated carbocycles. The molecule has 0 atom stereocenters. The number of nitrogens with two attached hydrogens (primary N) is 1. The van der Waals surface area contributed by atoms with Crippen LogP contribution in [0.2, 0.25) is 0 Å². The van der Waals surface area contributed by atoms with Crippen molar-refractivity contribution in [3.8, 4) is 5.88 Å². The molecule has 0 fully saturated rings. The van der Waals surface area contributed by atoms with Gasteiger partial charge in [-0.05, 0) is 25.1 Å². The first-order valence-corrected chi connectivity index (χ1v) is 5.83. The summed E-state index contributed by atoms with van der Waals surface area (Å²) in [5, 5.41) is 0.897. The van der Waals surface area contributed by atoms with Crippen LogP contribution < -0.4 is 10.5 Å². The van der Waals surface area contributed by atoms with E-state index in [0.717, 1.165) is 15.4 Å². The molecule has 2 aromatic rings. The second kappa shape index (κ2) is 4.76. The fraction of sp³-hybridized carbons (Fsp3) is 0.273. The molecule has 1 aromatic heterocycles. The molecule has 16 heavy (non-hydrogen) atoms. The molecule has 0 spiro atoms. The molecule has 0 amide bonds. The minimum atomic E-state index is 0.312. The van der Waals surface area contributed by atoms with Gasteiger partial charge in [0.1, 0.15) is 5.82 Å². The number of hydrogen-bond donors (Lipinski definition) is 1. The van der Waals surface area contributed by atoms with Gasteiger partial charge in [-0.3, -0.25) is 0 Å². The Balaban J connectivity index is 2.66. The Labute approximate surface area is 102 Å². The molecule has 1 heterocycles. The molecule has 0 aliphatic heterocycles. The largest absolute Gasteiger partial charge is 0.477 e. The van der Waals surface area contributed by atoms with Gasteiger partial charge < -0.3 is 10.5 Å². The van der Waals surface area contributed by atoms with E-state index in [-0.39, 0.29) is 0 Å². The van der Waals surface area contributed by atoms with Crippen LogP contribution in [0.1, 0.15) is 12.7 Å². The molecular formula is C11H12BrN3O. The minimum Gasteiger partial charge on any atom is -0.477 e. The van der Waals surface area contributed by atoms with Gasteiger partial charge in [-0.25, -0.2) is 4.98 Å². The maximum atomic E-state index is 5.55. The number of rotatable bonds is 3. The lowest BCUT2D eigenvalue weighted by Crippen LogP contribution is -2.06. The highest BCUT2D eigenvalue weighted by atomic mass is 79.9. The molecule has 5 heteroatoms. The van der Waals surface area contributed by atoms with Gasteiger partial charge in [-0.15, -0.1) is 0 Å². The number of benzene rings is 1. The van der Waals surface area contributed by atoms with Crippen LogP contribution in [0, 0.1) is 0 Å². The van der Waals surface area contributed by atoms with Crippen molar-refractivity contribution >= 4 is 26.8 Å². The van der Waals surface area contributed by atoms with Crippen molar-refractivity contribution in [2.45, 2.75) is 13.5 Å². The van der Waals surface area contributed by atoms with Crippen molar-refractivity contribution in [3.63, 3.8) is 0 Å². The third-order valence-corrected chi connectivity index (χ3v) is 2.63. The summed E-state index contributed by atoms with van der Waals surface area (Å²) < 4.78 is 6.47. The molecule has 0 saturated heterocycles. The zero-order valence-corrected chi connectivity index (χ0v) is 10.5. The number of hydrogen-bond acceptors (Lipinski definition) is 4. The van der Waals surface area contributed by atoms with Gasteiger partial charge >= 0.3 is 0 Å². The highest BCUT2D eigenvalue weighted by molar-refractivity contribution is 9.10. The standard InChI is InChI=1S/C11H12BrN3O/c1-2-16-11-8-5-7(12)3-4-9(8)14-10(6-13)15-11/h3-5H,2,6,13H2,1H3. The summed E-state index contributed by atoms with van der Waals surface area (Å²) in [5.41, 5.74) is 6.40. The first-order chi connectivity index (χ1) is 7.74. The fourth-order valence-electron chi connectivity index (χ4n) is 1.46. The summed E-state index contributed by atoms with van der Waals surface area (Å²) in [4.78, 5) is 8.61. The van der Waals surface area contributed by atoms with Crippen molar-refractivity contribution in [2.75, 3.05) is 6.61 Å². The van der Waals surface area contributed by atoms with Gasteiger partial charge in [0, 0.05) is 4.47 Å². The van der Waals surface area contributed by atoms with Gasteiger partial charge in [0.2, 0.25) is 5.88 Å². The highest BCUT2D eigenvalue weighted by Gasteiger charge is 2.08. The fourth-order valence-corrected chi connectivity index (χ4v) is 1.82. The van der Waals surface area contributed by atoms with Crippen LogP contribution in [0.3, 0.4) is 0 Å². The van der Waals surface area contributed by atoms with Crippen molar-refractivity contribution in [3.05, 3.63) is 28.5 Å². The first-order valence-electron chi connectivity index (χ1n) is 5.03. The molecule has 0 radical (unpaired) electrons. The summed E-state index contributed by atoms with van der Waals surface area (Å²) in [5.74, 6) is 1.19. The van der Waals surface area contributed by atoms with E-state index in [0.29, 0.717) is 24.9 Å². The van der Waals surface area contributed by atoms with E-state index in [1.165, 1.54) is 0 Å². The van der Waals surface area contributed by atoms with E-state index >= 15 is 0 Å². The van der Waals surface area contributed by atoms with Gasteiger partial charge in [0.15, 0.2) is 0 Å². The van der Waals surface area contributed by atoms with E-state index in [2.05, 4.69) is 25.9 Å². The Kier molecular flexibility index (Phi) is 3.36. The normalized spacial score (nSPS) is 10.7. The second-order valence-electron chi connectivity index (χ2n) is 3.24. The van der Waals surface area contributed by atoms with Gasteiger partial charge in [-0.2, -0.15) is 4.98 Å². The first kappa shape index (κ1) is 11.3. The van der Waals surface area contributed by atoms with Crippen LogP contribution in [0.25, 0.3) is 10.9 Å². The lowest BCUT2D eigenvalue weighted by molar-refractivity contribution is 0.329. The van der Waals surface area contributed by atoms with Gasteiger partial charge in [0.25, 0.3) is 0 Å². The number of ether oxygens (including phenoxy) is 1. The third kappa shape index (κ3) is 2.15. The number of nitrogens with zero attached hydrogens (tertiary/aromatic N) is 2. The van der Waals surface area contributed by atoms with Crippen LogP contribution in [-0.2, 0) is 6.54 Å². The molecule has 0 bridgehead atoms. The van der Waals surface area contributed by atoms with Crippen LogP contribution in [0.15, 0.2) is 22.7 Å². The Morgan fingerprint density at radius 3 is 2.88 bits per heavy atom. The minimum absolute atomic E-state index is 0.312. The molecule has 0 aliphatic rings. The van der Waals surface area contributed by atoms with Crippen molar-refractivity contribution in [2.24, 2.45) is 5.73 Å². The Bertz CT molecular complexity index is 516. The smallest absolute Gasteiger partial charge is 0.224 e. The Morgan fingerprint density at radius 2 is 2.19 bits per heavy atom. The zero-order chi connectivity index (χ0) is 11.5. The van der Waals surface area contributed by atoms with Crippen molar-refractivity contribution < 1.29 is 4.74 Å². The molecule has 0 aliphatic carbocycles. The number of fused-ring (bicyclic) bond motifs is 1. The van der Waals surface area contributed by atoms with Crippen LogP contribution in [-0.4, -0.2) is 16.6 Å². The van der Waals surface area contributed by atoms with Crippen LogP contribution in [0.4, 0.5) is 0 Å². The van der Waals surface area contributed by atoms with Crippen molar-refractivity contribution in [1.29, 1.82) is 0 Å². The van der Waals surface area contributed by atoms with Gasteiger partial charge in [-0.1, -0.05) is 15.9 Å². The third-order valence-electron chi connectivity index (χ3n) is 2.13. The topological polar surface area (TPSA) is 61.0 Å². The quantitative estimate of drug-likeness (QED) is 0.938. The average Bonchev–Trinajstić information content (AvgIpc) is 2.30. The number of aromatic nitrogens is 2. The summed E-state index contributed by atoms with van der Waals surface area (Å²) >= 11 is 3.42. The SMILES string of the molecule is CCOc1nc(CN)nc2ccc(Br)cc12. The molecule has 0 unspecified atom stereocenters. The summed E-state index contributed by atoms with van der Waals surface area (Å²) in [6.45, 7) is 2.81. The van der Waals surface area contributed by atoms with Crippen LogP contribution >= 0.6 is 15.9 Å². The molecule has 2 N–H and O–H groups in total.